The number of aryl methyl sites for hydroxylation is 1. The number of imidazole rings is 1. The van der Waals surface area contributed by atoms with Crippen molar-refractivity contribution in [3.05, 3.63) is 77.6 Å². The van der Waals surface area contributed by atoms with Gasteiger partial charge >= 0.3 is 0 Å². The maximum absolute atomic E-state index is 12.8. The second-order valence-electron chi connectivity index (χ2n) is 7.89. The number of aromatic nitrogens is 6. The van der Waals surface area contributed by atoms with Crippen molar-refractivity contribution in [1.82, 2.24) is 34.8 Å². The molecule has 9 nitrogen and oxygen atoms in total. The second kappa shape index (κ2) is 9.77. The van der Waals surface area contributed by atoms with Crippen molar-refractivity contribution in [2.24, 2.45) is 0 Å². The Labute approximate surface area is 194 Å². The summed E-state index contributed by atoms with van der Waals surface area (Å²) in [5, 5.41) is 15.3. The molecule has 4 aromatic rings. The lowest BCUT2D eigenvalue weighted by Gasteiger charge is -2.11. The van der Waals surface area contributed by atoms with Crippen LogP contribution >= 0.6 is 0 Å². The summed E-state index contributed by atoms with van der Waals surface area (Å²) < 4.78 is 34.7. The molecule has 0 aliphatic rings. The second-order valence-corrected chi connectivity index (χ2v) is 7.89. The first-order valence-electron chi connectivity index (χ1n) is 10.6. The van der Waals surface area contributed by atoms with E-state index in [1.807, 2.05) is 20.8 Å². The van der Waals surface area contributed by atoms with E-state index in [9.17, 15) is 13.6 Å². The highest BCUT2D eigenvalue weighted by Gasteiger charge is 2.14. The van der Waals surface area contributed by atoms with Gasteiger partial charge in [-0.2, -0.15) is 5.10 Å². The van der Waals surface area contributed by atoms with E-state index >= 15 is 0 Å². The summed E-state index contributed by atoms with van der Waals surface area (Å²) in [6.07, 6.45) is 2.22. The smallest absolute Gasteiger partial charge is 0.271 e. The molecule has 0 saturated heterocycles. The molecule has 1 N–H and O–H groups in total. The standard InChI is InChI=1S/C23H23F2N7O2/c1-14(2)28-23(33)18-11-31(13-26-18)20-8-9-21(30-29-20)34-12-19-15(3)10-27-32(19)17-6-4-16(5-7-17)22(24)25/h4-11,13-14,22H,12H2,1-3H3,(H,28,33). The van der Waals surface area contributed by atoms with Crippen molar-refractivity contribution in [1.29, 1.82) is 0 Å². The number of ether oxygens (including phenoxy) is 1. The Balaban J connectivity index is 1.44. The summed E-state index contributed by atoms with van der Waals surface area (Å²) in [4.78, 5) is 16.2. The van der Waals surface area contributed by atoms with Crippen molar-refractivity contribution in [3.63, 3.8) is 0 Å². The fourth-order valence-corrected chi connectivity index (χ4v) is 3.19. The van der Waals surface area contributed by atoms with Crippen LogP contribution in [0.5, 0.6) is 5.88 Å². The van der Waals surface area contributed by atoms with E-state index in [1.54, 1.807) is 45.9 Å². The van der Waals surface area contributed by atoms with Crippen LogP contribution in [0.15, 0.2) is 55.1 Å². The molecule has 1 aromatic carbocycles. The highest BCUT2D eigenvalue weighted by molar-refractivity contribution is 5.92. The fourth-order valence-electron chi connectivity index (χ4n) is 3.19. The van der Waals surface area contributed by atoms with Gasteiger partial charge in [-0.15, -0.1) is 10.2 Å². The summed E-state index contributed by atoms with van der Waals surface area (Å²) in [5.41, 5.74) is 2.52. The highest BCUT2D eigenvalue weighted by Crippen LogP contribution is 2.22. The summed E-state index contributed by atoms with van der Waals surface area (Å²) in [5.74, 6) is 0.503. The number of amides is 1. The molecule has 0 atom stereocenters. The Bertz CT molecular complexity index is 1270. The van der Waals surface area contributed by atoms with Crippen LogP contribution in [0.4, 0.5) is 8.78 Å². The Morgan fingerprint density at radius 3 is 2.53 bits per heavy atom. The van der Waals surface area contributed by atoms with Crippen LogP contribution < -0.4 is 10.1 Å². The van der Waals surface area contributed by atoms with Gasteiger partial charge in [0, 0.05) is 23.9 Å². The van der Waals surface area contributed by atoms with Crippen molar-refractivity contribution < 1.29 is 18.3 Å². The molecule has 3 aromatic heterocycles. The first-order chi connectivity index (χ1) is 16.3. The minimum absolute atomic E-state index is 0.00539. The average molecular weight is 467 g/mol. The molecule has 0 aliphatic heterocycles. The van der Waals surface area contributed by atoms with Gasteiger partial charge in [-0.1, -0.05) is 12.1 Å². The van der Waals surface area contributed by atoms with Crippen molar-refractivity contribution in [2.75, 3.05) is 0 Å². The van der Waals surface area contributed by atoms with E-state index < -0.39 is 6.43 Å². The third-order valence-electron chi connectivity index (χ3n) is 4.95. The van der Waals surface area contributed by atoms with E-state index in [2.05, 4.69) is 25.6 Å². The Morgan fingerprint density at radius 2 is 1.88 bits per heavy atom. The molecule has 0 bridgehead atoms. The SMILES string of the molecule is Cc1cnn(-c2ccc(C(F)F)cc2)c1COc1ccc(-n2cnc(C(=O)NC(C)C)c2)nn1. The molecule has 1 amide bonds. The lowest BCUT2D eigenvalue weighted by molar-refractivity contribution is 0.0938. The van der Waals surface area contributed by atoms with Gasteiger partial charge < -0.3 is 10.1 Å². The van der Waals surface area contributed by atoms with Gasteiger partial charge in [-0.3, -0.25) is 9.36 Å². The highest BCUT2D eigenvalue weighted by atomic mass is 19.3. The minimum atomic E-state index is -2.52. The van der Waals surface area contributed by atoms with Crippen LogP contribution in [-0.2, 0) is 6.61 Å². The summed E-state index contributed by atoms with van der Waals surface area (Å²) >= 11 is 0. The molecule has 176 valence electrons. The molecular formula is C23H23F2N7O2. The molecule has 11 heteroatoms. The van der Waals surface area contributed by atoms with Gasteiger partial charge in [0.2, 0.25) is 5.88 Å². The normalized spacial score (nSPS) is 11.3. The summed E-state index contributed by atoms with van der Waals surface area (Å²) in [7, 11) is 0. The van der Waals surface area contributed by atoms with E-state index in [1.165, 1.54) is 18.5 Å². The Morgan fingerprint density at radius 1 is 1.12 bits per heavy atom. The molecule has 0 spiro atoms. The van der Waals surface area contributed by atoms with Gasteiger partial charge in [0.25, 0.3) is 12.3 Å². The molecule has 34 heavy (non-hydrogen) atoms. The van der Waals surface area contributed by atoms with E-state index in [0.717, 1.165) is 11.3 Å². The number of benzene rings is 1. The van der Waals surface area contributed by atoms with Gasteiger partial charge in [0.15, 0.2) is 5.82 Å². The number of hydrogen-bond acceptors (Lipinski definition) is 6. The molecule has 0 unspecified atom stereocenters. The number of alkyl halides is 2. The Kier molecular flexibility index (Phi) is 6.62. The van der Waals surface area contributed by atoms with Crippen molar-refractivity contribution in [3.8, 4) is 17.4 Å². The zero-order valence-corrected chi connectivity index (χ0v) is 18.8. The number of halogens is 2. The monoisotopic (exact) mass is 467 g/mol. The zero-order chi connectivity index (χ0) is 24.2. The quantitative estimate of drug-likeness (QED) is 0.423. The molecule has 0 radical (unpaired) electrons. The minimum Gasteiger partial charge on any atom is -0.470 e. The average Bonchev–Trinajstić information content (AvgIpc) is 3.45. The summed E-state index contributed by atoms with van der Waals surface area (Å²) in [6, 6.07) is 9.29. The predicted molar refractivity (Wildman–Crippen MR) is 119 cm³/mol. The predicted octanol–water partition coefficient (Wildman–Crippen LogP) is 3.81. The molecule has 0 fully saturated rings. The molecule has 0 saturated carbocycles. The molecule has 4 rings (SSSR count). The number of nitrogens with zero attached hydrogens (tertiary/aromatic N) is 6. The maximum Gasteiger partial charge on any atom is 0.271 e. The van der Waals surface area contributed by atoms with Crippen LogP contribution in [0.25, 0.3) is 11.5 Å². The summed E-state index contributed by atoms with van der Waals surface area (Å²) in [6.45, 7) is 5.78. The van der Waals surface area contributed by atoms with Crippen LogP contribution in [0.3, 0.4) is 0 Å². The fraction of sp³-hybridized carbons (Fsp3) is 0.261. The van der Waals surface area contributed by atoms with Crippen LogP contribution in [0, 0.1) is 6.92 Å². The Hall–Kier alpha value is -4.15. The maximum atomic E-state index is 12.8. The number of carbonyl (C=O) groups is 1. The number of carbonyl (C=O) groups excluding carboxylic acids is 1. The van der Waals surface area contributed by atoms with Crippen LogP contribution in [0.1, 0.15) is 47.6 Å². The first kappa shape index (κ1) is 23.0. The first-order valence-corrected chi connectivity index (χ1v) is 10.6. The van der Waals surface area contributed by atoms with Crippen LogP contribution in [0.2, 0.25) is 0 Å². The third-order valence-corrected chi connectivity index (χ3v) is 4.95. The van der Waals surface area contributed by atoms with Crippen molar-refractivity contribution in [2.45, 2.75) is 39.8 Å². The topological polar surface area (TPSA) is 99.8 Å². The van der Waals surface area contributed by atoms with E-state index in [-0.39, 0.29) is 29.8 Å². The van der Waals surface area contributed by atoms with E-state index in [4.69, 9.17) is 4.74 Å². The largest absolute Gasteiger partial charge is 0.470 e. The lowest BCUT2D eigenvalue weighted by Crippen LogP contribution is -2.30. The number of rotatable bonds is 8. The van der Waals surface area contributed by atoms with Gasteiger partial charge in [-0.25, -0.2) is 18.4 Å². The lowest BCUT2D eigenvalue weighted by atomic mass is 10.2. The van der Waals surface area contributed by atoms with Crippen molar-refractivity contribution >= 4 is 5.91 Å². The van der Waals surface area contributed by atoms with Crippen LogP contribution in [-0.4, -0.2) is 41.5 Å². The van der Waals surface area contributed by atoms with Gasteiger partial charge in [0.1, 0.15) is 18.6 Å². The molecular weight excluding hydrogens is 444 g/mol. The number of nitrogens with one attached hydrogen (secondary N) is 1. The van der Waals surface area contributed by atoms with Gasteiger partial charge in [0.05, 0.1) is 17.6 Å². The molecule has 3 heterocycles. The molecule has 0 aliphatic carbocycles. The van der Waals surface area contributed by atoms with Gasteiger partial charge in [-0.05, 0) is 44.5 Å². The zero-order valence-electron chi connectivity index (χ0n) is 18.8. The third kappa shape index (κ3) is 5.08. The van der Waals surface area contributed by atoms with E-state index in [0.29, 0.717) is 17.4 Å². The number of hydrogen-bond donors (Lipinski definition) is 1.